The summed E-state index contributed by atoms with van der Waals surface area (Å²) in [5.74, 6) is -1.48. The van der Waals surface area contributed by atoms with E-state index < -0.39 is 11.8 Å². The molecule has 0 unspecified atom stereocenters. The summed E-state index contributed by atoms with van der Waals surface area (Å²) in [4.78, 5) is 12.5. The first-order valence-electron chi connectivity index (χ1n) is 5.50. The molecule has 1 aliphatic heterocycles. The van der Waals surface area contributed by atoms with Crippen LogP contribution in [-0.2, 0) is 0 Å². The van der Waals surface area contributed by atoms with E-state index in [1.165, 1.54) is 12.1 Å². The lowest BCUT2D eigenvalue weighted by Crippen LogP contribution is -2.21. The summed E-state index contributed by atoms with van der Waals surface area (Å²) in [7, 11) is 0. The highest BCUT2D eigenvalue weighted by Crippen LogP contribution is 2.26. The van der Waals surface area contributed by atoms with Gasteiger partial charge in [0.1, 0.15) is 5.82 Å². The largest absolute Gasteiger partial charge is 0.478 e. The van der Waals surface area contributed by atoms with Gasteiger partial charge in [-0.2, -0.15) is 0 Å². The Balaban J connectivity index is 2.20. The third kappa shape index (κ3) is 2.39. The van der Waals surface area contributed by atoms with Crippen LogP contribution in [-0.4, -0.2) is 35.9 Å². The molecule has 0 radical (unpaired) electrons. The molecule has 1 aliphatic rings. The highest BCUT2D eigenvalue weighted by atomic mass is 19.1. The Labute approximate surface area is 98.3 Å². The maximum Gasteiger partial charge on any atom is 0.335 e. The SMILES string of the molecule is O=C(O)c1ccc(N2CC[C@@H](CO)C2)c(F)c1. The van der Waals surface area contributed by atoms with Crippen molar-refractivity contribution in [3.05, 3.63) is 29.6 Å². The van der Waals surface area contributed by atoms with Gasteiger partial charge in [0.25, 0.3) is 0 Å². The highest BCUT2D eigenvalue weighted by Gasteiger charge is 2.24. The second kappa shape index (κ2) is 4.71. The van der Waals surface area contributed by atoms with Crippen molar-refractivity contribution < 1.29 is 19.4 Å². The normalized spacial score (nSPS) is 19.6. The number of carboxylic acids is 1. The van der Waals surface area contributed by atoms with E-state index in [1.807, 2.05) is 4.90 Å². The molecule has 2 N–H and O–H groups in total. The molecule has 1 fully saturated rings. The summed E-state index contributed by atoms with van der Waals surface area (Å²) in [6, 6.07) is 3.91. The molecule has 0 aromatic heterocycles. The Morgan fingerprint density at radius 2 is 2.29 bits per heavy atom. The third-order valence-corrected chi connectivity index (χ3v) is 3.08. The fourth-order valence-corrected chi connectivity index (χ4v) is 2.10. The monoisotopic (exact) mass is 239 g/mol. The molecule has 2 rings (SSSR count). The number of hydrogen-bond acceptors (Lipinski definition) is 3. The van der Waals surface area contributed by atoms with Crippen molar-refractivity contribution in [1.82, 2.24) is 0 Å². The maximum absolute atomic E-state index is 13.7. The number of halogens is 1. The number of benzene rings is 1. The van der Waals surface area contributed by atoms with Crippen molar-refractivity contribution in [3.63, 3.8) is 0 Å². The van der Waals surface area contributed by atoms with Gasteiger partial charge in [0.05, 0.1) is 11.3 Å². The first kappa shape index (κ1) is 11.9. The van der Waals surface area contributed by atoms with Gasteiger partial charge in [-0.25, -0.2) is 9.18 Å². The lowest BCUT2D eigenvalue weighted by molar-refractivity contribution is 0.0696. The van der Waals surface area contributed by atoms with E-state index >= 15 is 0 Å². The molecule has 1 aromatic carbocycles. The van der Waals surface area contributed by atoms with Crippen LogP contribution < -0.4 is 4.90 Å². The number of rotatable bonds is 3. The summed E-state index contributed by atoms with van der Waals surface area (Å²) >= 11 is 0. The minimum absolute atomic E-state index is 0.0517. The third-order valence-electron chi connectivity index (χ3n) is 3.08. The van der Waals surface area contributed by atoms with Gasteiger partial charge in [0.15, 0.2) is 0 Å². The zero-order valence-electron chi connectivity index (χ0n) is 9.27. The van der Waals surface area contributed by atoms with Gasteiger partial charge in [-0.3, -0.25) is 0 Å². The summed E-state index contributed by atoms with van der Waals surface area (Å²) in [5.41, 5.74) is 0.357. The van der Waals surface area contributed by atoms with E-state index in [0.29, 0.717) is 18.8 Å². The molecule has 92 valence electrons. The number of aliphatic hydroxyl groups excluding tert-OH is 1. The maximum atomic E-state index is 13.7. The number of nitrogens with zero attached hydrogens (tertiary/aromatic N) is 1. The lowest BCUT2D eigenvalue weighted by Gasteiger charge is -2.19. The zero-order chi connectivity index (χ0) is 12.4. The lowest BCUT2D eigenvalue weighted by atomic mass is 10.1. The van der Waals surface area contributed by atoms with Crippen molar-refractivity contribution in [2.75, 3.05) is 24.6 Å². The van der Waals surface area contributed by atoms with Gasteiger partial charge in [0, 0.05) is 25.6 Å². The highest BCUT2D eigenvalue weighted by molar-refractivity contribution is 5.88. The number of aliphatic hydroxyl groups is 1. The van der Waals surface area contributed by atoms with Crippen LogP contribution in [0.3, 0.4) is 0 Å². The van der Waals surface area contributed by atoms with Gasteiger partial charge in [-0.15, -0.1) is 0 Å². The number of aromatic carboxylic acids is 1. The predicted molar refractivity (Wildman–Crippen MR) is 60.8 cm³/mol. The van der Waals surface area contributed by atoms with Crippen LogP contribution in [0.4, 0.5) is 10.1 Å². The van der Waals surface area contributed by atoms with Crippen LogP contribution in [0.5, 0.6) is 0 Å². The van der Waals surface area contributed by atoms with Crippen LogP contribution >= 0.6 is 0 Å². The number of carbonyl (C=O) groups is 1. The van der Waals surface area contributed by atoms with Crippen molar-refractivity contribution >= 4 is 11.7 Å². The summed E-state index contributed by atoms with van der Waals surface area (Å²) in [5, 5.41) is 17.8. The minimum atomic E-state index is -1.13. The van der Waals surface area contributed by atoms with Crippen molar-refractivity contribution in [2.24, 2.45) is 5.92 Å². The average Bonchev–Trinajstić information content (AvgIpc) is 2.77. The van der Waals surface area contributed by atoms with Crippen LogP contribution in [0.1, 0.15) is 16.8 Å². The van der Waals surface area contributed by atoms with Crippen molar-refractivity contribution in [2.45, 2.75) is 6.42 Å². The first-order valence-corrected chi connectivity index (χ1v) is 5.50. The van der Waals surface area contributed by atoms with E-state index in [0.717, 1.165) is 12.5 Å². The second-order valence-electron chi connectivity index (χ2n) is 4.25. The van der Waals surface area contributed by atoms with Gasteiger partial charge in [-0.1, -0.05) is 0 Å². The summed E-state index contributed by atoms with van der Waals surface area (Å²) in [6.45, 7) is 1.40. The van der Waals surface area contributed by atoms with E-state index in [4.69, 9.17) is 10.2 Å². The average molecular weight is 239 g/mol. The van der Waals surface area contributed by atoms with Gasteiger partial charge in [-0.05, 0) is 24.6 Å². The predicted octanol–water partition coefficient (Wildman–Crippen LogP) is 1.34. The topological polar surface area (TPSA) is 60.8 Å². The minimum Gasteiger partial charge on any atom is -0.478 e. The molecular weight excluding hydrogens is 225 g/mol. The molecule has 1 aromatic rings. The molecule has 5 heteroatoms. The molecule has 0 spiro atoms. The molecular formula is C12H14FNO3. The van der Waals surface area contributed by atoms with Crippen LogP contribution in [0.25, 0.3) is 0 Å². The summed E-state index contributed by atoms with van der Waals surface area (Å²) < 4.78 is 13.7. The molecule has 0 saturated carbocycles. The van der Waals surface area contributed by atoms with E-state index in [-0.39, 0.29) is 18.1 Å². The molecule has 4 nitrogen and oxygen atoms in total. The number of hydrogen-bond donors (Lipinski definition) is 2. The Bertz CT molecular complexity index is 436. The standard InChI is InChI=1S/C12H14FNO3/c13-10-5-9(12(16)17)1-2-11(10)14-4-3-8(6-14)7-15/h1-2,5,8,15H,3-4,6-7H2,(H,16,17)/t8-/m1/s1. The summed E-state index contributed by atoms with van der Waals surface area (Å²) in [6.07, 6.45) is 0.830. The van der Waals surface area contributed by atoms with Gasteiger partial charge < -0.3 is 15.1 Å². The van der Waals surface area contributed by atoms with E-state index in [2.05, 4.69) is 0 Å². The fourth-order valence-electron chi connectivity index (χ4n) is 2.10. The van der Waals surface area contributed by atoms with Crippen molar-refractivity contribution in [1.29, 1.82) is 0 Å². The Morgan fingerprint density at radius 3 is 2.82 bits per heavy atom. The molecule has 0 aliphatic carbocycles. The zero-order valence-corrected chi connectivity index (χ0v) is 9.27. The molecule has 0 bridgehead atoms. The van der Waals surface area contributed by atoms with E-state index in [1.54, 1.807) is 0 Å². The number of carboxylic acid groups (broad SMARTS) is 1. The van der Waals surface area contributed by atoms with Crippen LogP contribution in [0, 0.1) is 11.7 Å². The van der Waals surface area contributed by atoms with E-state index in [9.17, 15) is 9.18 Å². The van der Waals surface area contributed by atoms with Gasteiger partial charge >= 0.3 is 5.97 Å². The van der Waals surface area contributed by atoms with Gasteiger partial charge in [0.2, 0.25) is 0 Å². The van der Waals surface area contributed by atoms with Crippen LogP contribution in [0.15, 0.2) is 18.2 Å². The molecule has 0 amide bonds. The Kier molecular flexibility index (Phi) is 3.28. The second-order valence-corrected chi connectivity index (χ2v) is 4.25. The Morgan fingerprint density at radius 1 is 1.53 bits per heavy atom. The fraction of sp³-hybridized carbons (Fsp3) is 0.417. The number of anilines is 1. The molecule has 1 saturated heterocycles. The molecule has 1 atom stereocenters. The Hall–Kier alpha value is -1.62. The molecule has 17 heavy (non-hydrogen) atoms. The smallest absolute Gasteiger partial charge is 0.335 e. The molecule has 1 heterocycles. The van der Waals surface area contributed by atoms with Crippen LogP contribution in [0.2, 0.25) is 0 Å². The first-order chi connectivity index (χ1) is 8.11. The quantitative estimate of drug-likeness (QED) is 0.835. The van der Waals surface area contributed by atoms with Crippen molar-refractivity contribution in [3.8, 4) is 0 Å².